The lowest BCUT2D eigenvalue weighted by molar-refractivity contribution is 0.436. The number of hydrogen-bond donors (Lipinski definition) is 1. The Labute approximate surface area is 66.1 Å². The fourth-order valence-electron chi connectivity index (χ4n) is 0.652. The summed E-state index contributed by atoms with van der Waals surface area (Å²) in [5.74, 6) is 0.586. The fraction of sp³-hybridized carbons (Fsp3) is 0.500. The van der Waals surface area contributed by atoms with Crippen LogP contribution in [-0.2, 0) is 5.41 Å². The Kier molecular flexibility index (Phi) is 1.81. The number of nitrogens with zero attached hydrogens (tertiary/aromatic N) is 2. The first-order valence-corrected chi connectivity index (χ1v) is 3.45. The van der Waals surface area contributed by atoms with E-state index in [1.807, 2.05) is 20.8 Å². The highest BCUT2D eigenvalue weighted by atomic mass is 16.3. The van der Waals surface area contributed by atoms with E-state index in [1.54, 1.807) is 0 Å². The van der Waals surface area contributed by atoms with Crippen LogP contribution in [0, 0.1) is 6.20 Å². The molecule has 11 heavy (non-hydrogen) atoms. The summed E-state index contributed by atoms with van der Waals surface area (Å²) >= 11 is 0. The molecule has 0 bridgehead atoms. The maximum Gasteiger partial charge on any atom is 0.214 e. The van der Waals surface area contributed by atoms with Gasteiger partial charge in [-0.3, -0.25) is 0 Å². The zero-order valence-electron chi connectivity index (χ0n) is 6.92. The minimum absolute atomic E-state index is 0.0232. The van der Waals surface area contributed by atoms with Crippen molar-refractivity contribution in [3.63, 3.8) is 0 Å². The Morgan fingerprint density at radius 2 is 2.09 bits per heavy atom. The fourth-order valence-corrected chi connectivity index (χ4v) is 0.652. The lowest BCUT2D eigenvalue weighted by Gasteiger charge is -2.15. The van der Waals surface area contributed by atoms with Crippen molar-refractivity contribution in [2.24, 2.45) is 0 Å². The maximum absolute atomic E-state index is 8.99. The van der Waals surface area contributed by atoms with Crippen LogP contribution in [0.25, 0.3) is 0 Å². The molecular weight excluding hydrogens is 140 g/mol. The van der Waals surface area contributed by atoms with E-state index in [-0.39, 0.29) is 11.3 Å². The molecule has 0 fully saturated rings. The maximum atomic E-state index is 8.99. The van der Waals surface area contributed by atoms with Gasteiger partial charge in [0.2, 0.25) is 5.88 Å². The first kappa shape index (κ1) is 7.98. The van der Waals surface area contributed by atoms with Crippen LogP contribution in [0.4, 0.5) is 0 Å². The number of aromatic hydroxyl groups is 1. The van der Waals surface area contributed by atoms with E-state index in [1.165, 1.54) is 6.07 Å². The molecule has 0 aliphatic rings. The summed E-state index contributed by atoms with van der Waals surface area (Å²) in [6.45, 7) is 5.95. The van der Waals surface area contributed by atoms with Gasteiger partial charge in [-0.2, -0.15) is 4.98 Å². The smallest absolute Gasteiger partial charge is 0.214 e. The van der Waals surface area contributed by atoms with Crippen LogP contribution in [0.5, 0.6) is 5.88 Å². The lowest BCUT2D eigenvalue weighted by atomic mass is 9.96. The number of aromatic nitrogens is 2. The molecule has 3 nitrogen and oxygen atoms in total. The van der Waals surface area contributed by atoms with E-state index >= 15 is 0 Å². The second-order valence-corrected chi connectivity index (χ2v) is 3.43. The summed E-state index contributed by atoms with van der Waals surface area (Å²) < 4.78 is 0. The topological polar surface area (TPSA) is 46.0 Å². The van der Waals surface area contributed by atoms with Crippen LogP contribution in [-0.4, -0.2) is 15.1 Å². The van der Waals surface area contributed by atoms with E-state index in [0.717, 1.165) is 0 Å². The molecule has 0 saturated carbocycles. The highest BCUT2D eigenvalue weighted by molar-refractivity contribution is 5.10. The van der Waals surface area contributed by atoms with E-state index in [2.05, 4.69) is 16.2 Å². The zero-order valence-corrected chi connectivity index (χ0v) is 6.92. The van der Waals surface area contributed by atoms with Crippen LogP contribution in [0.2, 0.25) is 0 Å². The summed E-state index contributed by atoms with van der Waals surface area (Å²) in [6, 6.07) is 1.34. The van der Waals surface area contributed by atoms with Gasteiger partial charge in [-0.25, -0.2) is 4.98 Å². The molecule has 1 radical (unpaired) electrons. The van der Waals surface area contributed by atoms with Crippen LogP contribution in [0.3, 0.4) is 0 Å². The summed E-state index contributed by atoms with van der Waals surface area (Å²) in [4.78, 5) is 7.77. The highest BCUT2D eigenvalue weighted by Gasteiger charge is 2.16. The Balaban J connectivity index is 3.06. The normalized spacial score (nSPS) is 11.5. The molecule has 0 aromatic carbocycles. The molecule has 59 valence electrons. The molecule has 1 aromatic rings. The molecule has 1 rings (SSSR count). The van der Waals surface area contributed by atoms with Gasteiger partial charge in [0.05, 0.1) is 6.20 Å². The molecule has 1 N–H and O–H groups in total. The molecule has 1 heterocycles. The second kappa shape index (κ2) is 2.49. The minimum atomic E-state index is -0.130. The third-order valence-electron chi connectivity index (χ3n) is 1.26. The van der Waals surface area contributed by atoms with Gasteiger partial charge in [-0.15, -0.1) is 0 Å². The van der Waals surface area contributed by atoms with E-state index in [4.69, 9.17) is 5.11 Å². The summed E-state index contributed by atoms with van der Waals surface area (Å²) in [5.41, 5.74) is -0.130. The van der Waals surface area contributed by atoms with Crippen LogP contribution in [0.15, 0.2) is 6.07 Å². The van der Waals surface area contributed by atoms with Gasteiger partial charge in [-0.05, 0) is 0 Å². The van der Waals surface area contributed by atoms with Gasteiger partial charge in [0, 0.05) is 11.5 Å². The Bertz CT molecular complexity index is 253. The van der Waals surface area contributed by atoms with Gasteiger partial charge >= 0.3 is 0 Å². The third-order valence-corrected chi connectivity index (χ3v) is 1.26. The molecule has 0 unspecified atom stereocenters. The first-order valence-electron chi connectivity index (χ1n) is 3.45. The SMILES string of the molecule is CC(C)(C)c1n[c]cc(O)n1. The van der Waals surface area contributed by atoms with Crippen molar-refractivity contribution in [2.75, 3.05) is 0 Å². The Morgan fingerprint density at radius 1 is 1.45 bits per heavy atom. The van der Waals surface area contributed by atoms with Crippen molar-refractivity contribution in [3.05, 3.63) is 18.1 Å². The predicted molar refractivity (Wildman–Crippen MR) is 41.2 cm³/mol. The predicted octanol–water partition coefficient (Wildman–Crippen LogP) is 1.28. The van der Waals surface area contributed by atoms with Crippen molar-refractivity contribution in [1.82, 2.24) is 9.97 Å². The average Bonchev–Trinajstić information content (AvgIpc) is 1.86. The molecular formula is C8H11N2O. The Morgan fingerprint density at radius 3 is 2.45 bits per heavy atom. The Hall–Kier alpha value is -1.12. The monoisotopic (exact) mass is 151 g/mol. The molecule has 0 saturated heterocycles. The van der Waals surface area contributed by atoms with Gasteiger partial charge < -0.3 is 5.11 Å². The van der Waals surface area contributed by atoms with Crippen molar-refractivity contribution in [3.8, 4) is 5.88 Å². The van der Waals surface area contributed by atoms with Crippen molar-refractivity contribution < 1.29 is 5.11 Å². The van der Waals surface area contributed by atoms with Gasteiger partial charge in [0.25, 0.3) is 0 Å². The van der Waals surface area contributed by atoms with E-state index in [9.17, 15) is 0 Å². The molecule has 1 aromatic heterocycles. The largest absolute Gasteiger partial charge is 0.493 e. The van der Waals surface area contributed by atoms with Crippen LogP contribution >= 0.6 is 0 Å². The van der Waals surface area contributed by atoms with Gasteiger partial charge in [0.15, 0.2) is 0 Å². The van der Waals surface area contributed by atoms with Crippen LogP contribution in [0.1, 0.15) is 26.6 Å². The summed E-state index contributed by atoms with van der Waals surface area (Å²) in [6.07, 6.45) is 2.57. The first-order chi connectivity index (χ1) is 5.00. The molecule has 0 amide bonds. The lowest BCUT2D eigenvalue weighted by Crippen LogP contribution is -2.15. The molecule has 0 spiro atoms. The minimum Gasteiger partial charge on any atom is -0.493 e. The number of hydrogen-bond acceptors (Lipinski definition) is 3. The van der Waals surface area contributed by atoms with Crippen molar-refractivity contribution >= 4 is 0 Å². The molecule has 0 aliphatic heterocycles. The standard InChI is InChI=1S/C8H11N2O/c1-8(2,3)7-9-5-4-6(11)10-7/h4H,1-3H3,(H,9,10,11). The summed E-state index contributed by atoms with van der Waals surface area (Å²) in [7, 11) is 0. The van der Waals surface area contributed by atoms with Gasteiger partial charge in [0.1, 0.15) is 5.82 Å². The van der Waals surface area contributed by atoms with Crippen LogP contribution < -0.4 is 0 Å². The van der Waals surface area contributed by atoms with Crippen molar-refractivity contribution in [1.29, 1.82) is 0 Å². The van der Waals surface area contributed by atoms with Gasteiger partial charge in [-0.1, -0.05) is 20.8 Å². The molecule has 0 atom stereocenters. The summed E-state index contributed by atoms with van der Waals surface area (Å²) in [5, 5.41) is 8.99. The second-order valence-electron chi connectivity index (χ2n) is 3.43. The quantitative estimate of drug-likeness (QED) is 0.607. The third kappa shape index (κ3) is 1.90. The number of rotatable bonds is 0. The van der Waals surface area contributed by atoms with E-state index < -0.39 is 0 Å². The molecule has 0 aliphatic carbocycles. The highest BCUT2D eigenvalue weighted by Crippen LogP contribution is 2.18. The zero-order chi connectivity index (χ0) is 8.48. The molecule has 3 heteroatoms. The van der Waals surface area contributed by atoms with Crippen molar-refractivity contribution in [2.45, 2.75) is 26.2 Å². The van der Waals surface area contributed by atoms with E-state index in [0.29, 0.717) is 5.82 Å². The average molecular weight is 151 g/mol.